The maximum Gasteiger partial charge on any atom is 0.322 e. The van der Waals surface area contributed by atoms with E-state index in [0.717, 1.165) is 11.4 Å². The van der Waals surface area contributed by atoms with Crippen LogP contribution in [0.5, 0.6) is 0 Å². The van der Waals surface area contributed by atoms with Gasteiger partial charge in [-0.2, -0.15) is 14.8 Å². The van der Waals surface area contributed by atoms with E-state index in [1.165, 1.54) is 4.68 Å². The van der Waals surface area contributed by atoms with Gasteiger partial charge in [0.1, 0.15) is 6.26 Å². The second kappa shape index (κ2) is 4.89. The second-order valence-corrected chi connectivity index (χ2v) is 4.57. The molecule has 0 aromatic carbocycles. The average Bonchev–Trinajstić information content (AvgIpc) is 2.84. The lowest BCUT2D eigenvalue weighted by atomic mass is 10.4. The number of nitrogens with zero attached hydrogens (tertiary/aromatic N) is 3. The van der Waals surface area contributed by atoms with Crippen LogP contribution in [0.15, 0.2) is 16.9 Å². The first kappa shape index (κ1) is 12.1. The SMILES string of the molecule is Cc1nn(-c2nc(CNC(C)C)co2)cc1Cl. The molecule has 0 spiro atoms. The van der Waals surface area contributed by atoms with Crippen LogP contribution in [0.3, 0.4) is 0 Å². The van der Waals surface area contributed by atoms with Gasteiger partial charge in [-0.1, -0.05) is 25.4 Å². The Morgan fingerprint density at radius 2 is 2.29 bits per heavy atom. The summed E-state index contributed by atoms with van der Waals surface area (Å²) in [5.41, 5.74) is 1.60. The Labute approximate surface area is 105 Å². The highest BCUT2D eigenvalue weighted by atomic mass is 35.5. The summed E-state index contributed by atoms with van der Waals surface area (Å²) in [7, 11) is 0. The number of hydrogen-bond acceptors (Lipinski definition) is 4. The molecule has 2 aromatic rings. The number of hydrogen-bond donors (Lipinski definition) is 1. The minimum absolute atomic E-state index is 0.413. The van der Waals surface area contributed by atoms with Crippen molar-refractivity contribution in [1.82, 2.24) is 20.1 Å². The van der Waals surface area contributed by atoms with Crippen molar-refractivity contribution in [3.05, 3.63) is 28.9 Å². The van der Waals surface area contributed by atoms with Gasteiger partial charge in [0.2, 0.25) is 0 Å². The summed E-state index contributed by atoms with van der Waals surface area (Å²) in [5, 5.41) is 8.06. The van der Waals surface area contributed by atoms with Gasteiger partial charge in [0.05, 0.1) is 22.6 Å². The maximum atomic E-state index is 5.92. The molecular weight excluding hydrogens is 240 g/mol. The topological polar surface area (TPSA) is 55.9 Å². The summed E-state index contributed by atoms with van der Waals surface area (Å²) in [6.07, 6.45) is 3.30. The van der Waals surface area contributed by atoms with Gasteiger partial charge in [-0.15, -0.1) is 0 Å². The number of halogens is 1. The molecule has 0 radical (unpaired) electrons. The Bertz CT molecular complexity index is 484. The molecule has 0 unspecified atom stereocenters. The molecule has 2 rings (SSSR count). The van der Waals surface area contributed by atoms with Crippen molar-refractivity contribution < 1.29 is 4.42 Å². The lowest BCUT2D eigenvalue weighted by Gasteiger charge is -2.03. The van der Waals surface area contributed by atoms with Crippen LogP contribution in [0.1, 0.15) is 25.2 Å². The molecule has 0 amide bonds. The summed E-state index contributed by atoms with van der Waals surface area (Å²) in [6.45, 7) is 6.67. The molecule has 0 aliphatic carbocycles. The molecule has 1 N–H and O–H groups in total. The third kappa shape index (κ3) is 2.87. The van der Waals surface area contributed by atoms with Crippen molar-refractivity contribution in [2.45, 2.75) is 33.4 Å². The highest BCUT2D eigenvalue weighted by Gasteiger charge is 2.09. The average molecular weight is 255 g/mol. The fourth-order valence-electron chi connectivity index (χ4n) is 1.33. The van der Waals surface area contributed by atoms with E-state index in [4.69, 9.17) is 16.0 Å². The maximum absolute atomic E-state index is 5.92. The van der Waals surface area contributed by atoms with Gasteiger partial charge in [0.25, 0.3) is 0 Å². The van der Waals surface area contributed by atoms with Gasteiger partial charge in [0.15, 0.2) is 0 Å². The van der Waals surface area contributed by atoms with E-state index >= 15 is 0 Å². The van der Waals surface area contributed by atoms with Crippen molar-refractivity contribution in [3.8, 4) is 6.01 Å². The van der Waals surface area contributed by atoms with Crippen LogP contribution < -0.4 is 5.32 Å². The summed E-state index contributed by atoms with van der Waals surface area (Å²) in [4.78, 5) is 4.32. The number of nitrogens with one attached hydrogen (secondary N) is 1. The smallest absolute Gasteiger partial charge is 0.322 e. The Kier molecular flexibility index (Phi) is 3.49. The predicted octanol–water partition coefficient (Wildman–Crippen LogP) is 2.32. The molecule has 0 aliphatic heterocycles. The van der Waals surface area contributed by atoms with Crippen LogP contribution in [0.2, 0.25) is 5.02 Å². The first-order chi connectivity index (χ1) is 8.06. The first-order valence-corrected chi connectivity index (χ1v) is 5.84. The predicted molar refractivity (Wildman–Crippen MR) is 65.3 cm³/mol. The summed E-state index contributed by atoms with van der Waals surface area (Å²) in [6, 6.07) is 0.845. The van der Waals surface area contributed by atoms with E-state index in [2.05, 4.69) is 29.2 Å². The van der Waals surface area contributed by atoms with Crippen molar-refractivity contribution in [2.75, 3.05) is 0 Å². The fraction of sp³-hybridized carbons (Fsp3) is 0.455. The molecule has 0 saturated heterocycles. The molecule has 0 aliphatic rings. The number of oxazole rings is 1. The van der Waals surface area contributed by atoms with Crippen molar-refractivity contribution in [3.63, 3.8) is 0 Å². The minimum atomic E-state index is 0.413. The molecule has 0 saturated carbocycles. The van der Waals surface area contributed by atoms with Gasteiger partial charge in [0, 0.05) is 12.6 Å². The molecule has 92 valence electrons. The van der Waals surface area contributed by atoms with Gasteiger partial charge < -0.3 is 9.73 Å². The minimum Gasteiger partial charge on any atom is -0.430 e. The lowest BCUT2D eigenvalue weighted by molar-refractivity contribution is 0.507. The first-order valence-electron chi connectivity index (χ1n) is 5.46. The zero-order valence-corrected chi connectivity index (χ0v) is 10.8. The van der Waals surface area contributed by atoms with Crippen molar-refractivity contribution >= 4 is 11.6 Å². The molecule has 17 heavy (non-hydrogen) atoms. The van der Waals surface area contributed by atoms with Gasteiger partial charge >= 0.3 is 6.01 Å². The third-order valence-electron chi connectivity index (χ3n) is 2.27. The van der Waals surface area contributed by atoms with Crippen molar-refractivity contribution in [2.24, 2.45) is 0 Å². The quantitative estimate of drug-likeness (QED) is 0.910. The Hall–Kier alpha value is -1.33. The fourth-order valence-corrected chi connectivity index (χ4v) is 1.46. The molecule has 0 bridgehead atoms. The van der Waals surface area contributed by atoms with E-state index in [-0.39, 0.29) is 0 Å². The van der Waals surface area contributed by atoms with Gasteiger partial charge in [-0.05, 0) is 6.92 Å². The summed E-state index contributed by atoms with van der Waals surface area (Å²) >= 11 is 5.92. The third-order valence-corrected chi connectivity index (χ3v) is 2.64. The van der Waals surface area contributed by atoms with E-state index < -0.39 is 0 Å². The standard InChI is InChI=1S/C11H15ClN4O/c1-7(2)13-4-9-6-17-11(14-9)16-5-10(12)8(3)15-16/h5-7,13H,4H2,1-3H3. The van der Waals surface area contributed by atoms with Crippen LogP contribution in [0.4, 0.5) is 0 Å². The largest absolute Gasteiger partial charge is 0.430 e. The summed E-state index contributed by atoms with van der Waals surface area (Å²) < 4.78 is 6.88. The molecule has 0 atom stereocenters. The van der Waals surface area contributed by atoms with Crippen LogP contribution in [-0.2, 0) is 6.54 Å². The Balaban J connectivity index is 2.12. The Morgan fingerprint density at radius 1 is 1.53 bits per heavy atom. The number of aryl methyl sites for hydroxylation is 1. The normalized spacial score (nSPS) is 11.4. The molecule has 2 aromatic heterocycles. The van der Waals surface area contributed by atoms with Crippen LogP contribution in [0.25, 0.3) is 6.01 Å². The highest BCUT2D eigenvalue weighted by molar-refractivity contribution is 6.31. The molecule has 0 fully saturated rings. The van der Waals surface area contributed by atoms with E-state index in [1.54, 1.807) is 12.5 Å². The van der Waals surface area contributed by atoms with Crippen LogP contribution >= 0.6 is 11.6 Å². The Morgan fingerprint density at radius 3 is 2.88 bits per heavy atom. The lowest BCUT2D eigenvalue weighted by Crippen LogP contribution is -2.21. The molecule has 6 heteroatoms. The molecule has 5 nitrogen and oxygen atoms in total. The molecule has 2 heterocycles. The number of aromatic nitrogens is 3. The van der Waals surface area contributed by atoms with Crippen LogP contribution in [0, 0.1) is 6.92 Å². The monoisotopic (exact) mass is 254 g/mol. The zero-order valence-electron chi connectivity index (χ0n) is 10.1. The summed E-state index contributed by atoms with van der Waals surface area (Å²) in [5.74, 6) is 0. The van der Waals surface area contributed by atoms with E-state index in [0.29, 0.717) is 23.6 Å². The second-order valence-electron chi connectivity index (χ2n) is 4.16. The van der Waals surface area contributed by atoms with E-state index in [1.807, 2.05) is 6.92 Å². The van der Waals surface area contributed by atoms with Crippen LogP contribution in [-0.4, -0.2) is 20.8 Å². The van der Waals surface area contributed by atoms with E-state index in [9.17, 15) is 0 Å². The van der Waals surface area contributed by atoms with Crippen molar-refractivity contribution in [1.29, 1.82) is 0 Å². The highest BCUT2D eigenvalue weighted by Crippen LogP contribution is 2.15. The molecular formula is C11H15ClN4O. The zero-order chi connectivity index (χ0) is 12.4. The van der Waals surface area contributed by atoms with Gasteiger partial charge in [-0.3, -0.25) is 0 Å². The number of rotatable bonds is 4. The van der Waals surface area contributed by atoms with Gasteiger partial charge in [-0.25, -0.2) is 0 Å².